The topological polar surface area (TPSA) is 72.8 Å². The monoisotopic (exact) mass is 347 g/mol. The third-order valence-electron chi connectivity index (χ3n) is 5.32. The number of aromatic nitrogens is 2. The van der Waals surface area contributed by atoms with E-state index in [1.165, 1.54) is 0 Å². The Labute approximate surface area is 149 Å². The average Bonchev–Trinajstić information content (AvgIpc) is 2.76. The highest BCUT2D eigenvalue weighted by Crippen LogP contribution is 2.22. The molecule has 2 aliphatic heterocycles. The zero-order valence-electron chi connectivity index (χ0n) is 15.5. The van der Waals surface area contributed by atoms with Gasteiger partial charge in [0.25, 0.3) is 0 Å². The lowest BCUT2D eigenvalue weighted by Crippen LogP contribution is -2.54. The number of nitrogens with zero attached hydrogens (tertiary/aromatic N) is 5. The molecular formula is C18H29N5O2. The van der Waals surface area contributed by atoms with Crippen molar-refractivity contribution in [2.75, 3.05) is 44.2 Å². The van der Waals surface area contributed by atoms with Gasteiger partial charge < -0.3 is 14.9 Å². The van der Waals surface area contributed by atoms with E-state index in [0.29, 0.717) is 6.42 Å². The summed E-state index contributed by atoms with van der Waals surface area (Å²) in [4.78, 5) is 27.0. The maximum atomic E-state index is 11.5. The lowest BCUT2D eigenvalue weighted by Gasteiger charge is -2.40. The number of anilines is 1. The van der Waals surface area contributed by atoms with E-state index in [1.54, 1.807) is 6.92 Å². The van der Waals surface area contributed by atoms with Gasteiger partial charge in [-0.15, -0.1) is 0 Å². The SMILES string of the molecule is CC(=O)N1CCN([C@H]2CCN(c3nc(C)cc(C)n3)CC[C@@H]2O)CC1. The molecule has 1 aromatic heterocycles. The van der Waals surface area contributed by atoms with Gasteiger partial charge in [-0.3, -0.25) is 9.69 Å². The van der Waals surface area contributed by atoms with Crippen molar-refractivity contribution in [3.8, 4) is 0 Å². The molecule has 138 valence electrons. The smallest absolute Gasteiger partial charge is 0.225 e. The molecule has 0 unspecified atom stereocenters. The predicted molar refractivity (Wildman–Crippen MR) is 96.6 cm³/mol. The molecule has 2 saturated heterocycles. The van der Waals surface area contributed by atoms with Gasteiger partial charge in [0.05, 0.1) is 6.10 Å². The minimum atomic E-state index is -0.347. The molecule has 0 spiro atoms. The molecule has 0 radical (unpaired) electrons. The molecule has 2 atom stereocenters. The maximum Gasteiger partial charge on any atom is 0.225 e. The lowest BCUT2D eigenvalue weighted by molar-refractivity contribution is -0.131. The Morgan fingerprint density at radius 3 is 2.24 bits per heavy atom. The van der Waals surface area contributed by atoms with Crippen molar-refractivity contribution >= 4 is 11.9 Å². The number of aliphatic hydroxyl groups excluding tert-OH is 1. The molecule has 7 nitrogen and oxygen atoms in total. The molecule has 1 amide bonds. The van der Waals surface area contributed by atoms with Crippen molar-refractivity contribution in [2.45, 2.75) is 45.8 Å². The van der Waals surface area contributed by atoms with Crippen molar-refractivity contribution in [3.05, 3.63) is 17.5 Å². The first kappa shape index (κ1) is 18.1. The minimum Gasteiger partial charge on any atom is -0.391 e. The Morgan fingerprint density at radius 2 is 1.64 bits per heavy atom. The van der Waals surface area contributed by atoms with E-state index in [1.807, 2.05) is 24.8 Å². The van der Waals surface area contributed by atoms with Gasteiger partial charge in [0.1, 0.15) is 0 Å². The van der Waals surface area contributed by atoms with E-state index in [0.717, 1.165) is 63.0 Å². The predicted octanol–water partition coefficient (Wildman–Crippen LogP) is 0.587. The third-order valence-corrected chi connectivity index (χ3v) is 5.32. The molecule has 0 aromatic carbocycles. The minimum absolute atomic E-state index is 0.138. The molecule has 2 fully saturated rings. The highest BCUT2D eigenvalue weighted by Gasteiger charge is 2.32. The Bertz CT molecular complexity index is 595. The zero-order valence-corrected chi connectivity index (χ0v) is 15.5. The third kappa shape index (κ3) is 4.27. The Morgan fingerprint density at radius 1 is 1.04 bits per heavy atom. The van der Waals surface area contributed by atoms with Crippen molar-refractivity contribution in [1.82, 2.24) is 19.8 Å². The summed E-state index contributed by atoms with van der Waals surface area (Å²) in [6.45, 7) is 10.4. The van der Waals surface area contributed by atoms with E-state index in [4.69, 9.17) is 0 Å². The fraction of sp³-hybridized carbons (Fsp3) is 0.722. The van der Waals surface area contributed by atoms with Gasteiger partial charge in [-0.2, -0.15) is 0 Å². The van der Waals surface area contributed by atoms with Crippen molar-refractivity contribution in [2.24, 2.45) is 0 Å². The number of hydrogen-bond acceptors (Lipinski definition) is 6. The largest absolute Gasteiger partial charge is 0.391 e. The van der Waals surface area contributed by atoms with Gasteiger partial charge in [0.2, 0.25) is 11.9 Å². The second-order valence-corrected chi connectivity index (χ2v) is 7.19. The first-order valence-electron chi connectivity index (χ1n) is 9.19. The second-order valence-electron chi connectivity index (χ2n) is 7.19. The Kier molecular flexibility index (Phi) is 5.54. The van der Waals surface area contributed by atoms with Crippen LogP contribution in [0, 0.1) is 13.8 Å². The van der Waals surface area contributed by atoms with Crippen LogP contribution in [0.25, 0.3) is 0 Å². The number of hydrogen-bond donors (Lipinski definition) is 1. The summed E-state index contributed by atoms with van der Waals surface area (Å²) in [6, 6.07) is 2.12. The van der Waals surface area contributed by atoms with Crippen molar-refractivity contribution in [1.29, 1.82) is 0 Å². The van der Waals surface area contributed by atoms with Gasteiger partial charge in [-0.25, -0.2) is 9.97 Å². The quantitative estimate of drug-likeness (QED) is 0.844. The Balaban J connectivity index is 1.64. The second kappa shape index (κ2) is 7.66. The standard InChI is InChI=1S/C18H29N5O2/c1-13-12-14(2)20-18(19-13)23-6-4-16(17(25)5-7-23)22-10-8-21(9-11-22)15(3)24/h12,16-17,25H,4-11H2,1-3H3/t16-,17-/m0/s1. The molecule has 2 aliphatic rings. The summed E-state index contributed by atoms with van der Waals surface area (Å²) in [5.74, 6) is 0.908. The van der Waals surface area contributed by atoms with Crippen molar-refractivity contribution in [3.63, 3.8) is 0 Å². The summed E-state index contributed by atoms with van der Waals surface area (Å²) in [5, 5.41) is 10.7. The fourth-order valence-electron chi connectivity index (χ4n) is 3.92. The molecule has 0 bridgehead atoms. The normalized spacial score (nSPS) is 25.8. The van der Waals surface area contributed by atoms with Crippen molar-refractivity contribution < 1.29 is 9.90 Å². The maximum absolute atomic E-state index is 11.5. The molecule has 3 rings (SSSR count). The first-order valence-corrected chi connectivity index (χ1v) is 9.19. The van der Waals surface area contributed by atoms with Gasteiger partial charge in [0, 0.05) is 63.6 Å². The van der Waals surface area contributed by atoms with Gasteiger partial charge in [0.15, 0.2) is 0 Å². The molecule has 0 saturated carbocycles. The van der Waals surface area contributed by atoms with Crippen LogP contribution in [0.3, 0.4) is 0 Å². The molecule has 1 N–H and O–H groups in total. The molecule has 7 heteroatoms. The number of rotatable bonds is 2. The number of piperazine rings is 1. The number of amides is 1. The fourth-order valence-corrected chi connectivity index (χ4v) is 3.92. The average molecular weight is 347 g/mol. The molecule has 1 aromatic rings. The van der Waals surface area contributed by atoms with Crippen LogP contribution in [-0.2, 0) is 4.79 Å². The van der Waals surface area contributed by atoms with E-state index < -0.39 is 0 Å². The zero-order chi connectivity index (χ0) is 18.0. The van der Waals surface area contributed by atoms with E-state index in [-0.39, 0.29) is 18.1 Å². The Hall–Kier alpha value is -1.73. The van der Waals surface area contributed by atoms with Gasteiger partial charge in [-0.1, -0.05) is 0 Å². The highest BCUT2D eigenvalue weighted by molar-refractivity contribution is 5.73. The molecule has 25 heavy (non-hydrogen) atoms. The highest BCUT2D eigenvalue weighted by atomic mass is 16.3. The summed E-state index contributed by atoms with van der Waals surface area (Å²) in [5.41, 5.74) is 1.95. The molecule has 0 aliphatic carbocycles. The summed E-state index contributed by atoms with van der Waals surface area (Å²) < 4.78 is 0. The van der Waals surface area contributed by atoms with Crippen LogP contribution in [0.2, 0.25) is 0 Å². The van der Waals surface area contributed by atoms with Crippen LogP contribution in [0.5, 0.6) is 0 Å². The number of aryl methyl sites for hydroxylation is 2. The lowest BCUT2D eigenvalue weighted by atomic mass is 10.0. The van der Waals surface area contributed by atoms with Crippen LogP contribution in [0.4, 0.5) is 5.95 Å². The number of carbonyl (C=O) groups excluding carboxylic acids is 1. The summed E-state index contributed by atoms with van der Waals surface area (Å²) in [7, 11) is 0. The van der Waals surface area contributed by atoms with E-state index in [9.17, 15) is 9.90 Å². The number of carbonyl (C=O) groups is 1. The van der Waals surface area contributed by atoms with Crippen LogP contribution in [0.15, 0.2) is 6.07 Å². The summed E-state index contributed by atoms with van der Waals surface area (Å²) in [6.07, 6.45) is 1.26. The number of aliphatic hydroxyl groups is 1. The van der Waals surface area contributed by atoms with Gasteiger partial charge >= 0.3 is 0 Å². The van der Waals surface area contributed by atoms with Crippen LogP contribution in [-0.4, -0.2) is 82.2 Å². The van der Waals surface area contributed by atoms with E-state index >= 15 is 0 Å². The van der Waals surface area contributed by atoms with Crippen LogP contribution in [0.1, 0.15) is 31.2 Å². The van der Waals surface area contributed by atoms with Crippen LogP contribution < -0.4 is 4.90 Å². The summed E-state index contributed by atoms with van der Waals surface area (Å²) >= 11 is 0. The van der Waals surface area contributed by atoms with Crippen LogP contribution >= 0.6 is 0 Å². The first-order chi connectivity index (χ1) is 11.9. The van der Waals surface area contributed by atoms with E-state index in [2.05, 4.69) is 19.8 Å². The van der Waals surface area contributed by atoms with Gasteiger partial charge in [-0.05, 0) is 32.8 Å². The molecular weight excluding hydrogens is 318 g/mol. The molecule has 3 heterocycles.